The average molecular weight is 1320 g/mol. The molecule has 0 atom stereocenters. The number of aliphatic hydroxyl groups is 1. The van der Waals surface area contributed by atoms with Gasteiger partial charge in [0.1, 0.15) is 0 Å². The summed E-state index contributed by atoms with van der Waals surface area (Å²) >= 11 is 0. The molecule has 1 aliphatic heterocycles. The Bertz CT molecular complexity index is 3240. The molecule has 9 heteroatoms. The second-order valence-electron chi connectivity index (χ2n) is 16.3. The predicted octanol–water partition coefficient (Wildman–Crippen LogP) is 14.4. The van der Waals surface area contributed by atoms with E-state index in [2.05, 4.69) is 105 Å². The molecule has 0 saturated carbocycles. The number of nitrogens with zero attached hydrogens (tertiary/aromatic N) is 5. The van der Waals surface area contributed by atoms with Crippen LogP contribution in [0.15, 0.2) is 255 Å². The maximum Gasteiger partial charge on any atom is 3.00 e. The van der Waals surface area contributed by atoms with Crippen molar-refractivity contribution < 1.29 is 54.7 Å². The van der Waals surface area contributed by atoms with Crippen LogP contribution in [0.1, 0.15) is 19.4 Å². The molecule has 0 spiro atoms. The Morgan fingerprint density at radius 2 is 0.932 bits per heavy atom. The number of allylic oxidation sites excluding steroid dienone is 2. The molecule has 1 radical (unpaired) electrons. The minimum absolute atomic E-state index is 0. The average Bonchev–Trinajstić information content (AvgIpc) is 3.85. The Kier molecular flexibility index (Phi) is 21.4. The Labute approximate surface area is 460 Å². The molecule has 74 heavy (non-hydrogen) atoms. The summed E-state index contributed by atoms with van der Waals surface area (Å²) in [6, 6.07) is 85.6. The van der Waals surface area contributed by atoms with Crippen LogP contribution >= 0.6 is 0 Å². The fourth-order valence-electron chi connectivity index (χ4n) is 7.78. The number of carbonyl (C=O) groups is 1. The standard InChI is InChI=1S/C22H14N2.C16H12N.2C11H8N.C5H8O2.2Ir/c1-2-8-17(9-3-1)21-13-7-14-22(24-21)19-11-6-10-18(16-19)20-12-4-5-15-23-20;1-3-7-14-12(5-1)9-10-17-11-13-6-2-4-8-15(13)16(14)17;2*1-2-6-10(7-3-1)11-8-4-5-9-12-11;1-4(6)3-5(2)7;;/h1-8,10-15H;1-10H,11H2;2*1-6,8-9H;3,6H,1-2H3;;/q-2;+1;2*-1;;;+3. The van der Waals surface area contributed by atoms with Gasteiger partial charge in [-0.2, -0.15) is 4.57 Å². The monoisotopic (exact) mass is 1320 g/mol. The minimum Gasteiger partial charge on any atom is -0.512 e. The first-order valence-corrected chi connectivity index (χ1v) is 23.4. The van der Waals surface area contributed by atoms with E-state index in [1.165, 1.54) is 47.5 Å². The maximum atomic E-state index is 10.0. The van der Waals surface area contributed by atoms with Crippen LogP contribution < -0.4 is 4.57 Å². The third kappa shape index (κ3) is 15.7. The zero-order valence-electron chi connectivity index (χ0n) is 40.6. The molecule has 0 fully saturated rings. The number of carbonyl (C=O) groups excluding carboxylic acids is 1. The van der Waals surface area contributed by atoms with E-state index in [0.717, 1.165) is 62.8 Å². The summed E-state index contributed by atoms with van der Waals surface area (Å²) in [5.41, 5.74) is 13.8. The van der Waals surface area contributed by atoms with Crippen LogP contribution in [-0.2, 0) is 51.6 Å². The fraction of sp³-hybridized carbons (Fsp3) is 0.0462. The molecular formula is C65H50Ir2N5O2. The van der Waals surface area contributed by atoms with Crippen molar-refractivity contribution in [3.05, 3.63) is 285 Å². The molecule has 7 nitrogen and oxygen atoms in total. The van der Waals surface area contributed by atoms with Gasteiger partial charge in [-0.3, -0.25) is 9.78 Å². The predicted molar refractivity (Wildman–Crippen MR) is 289 cm³/mol. The van der Waals surface area contributed by atoms with Gasteiger partial charge in [0.05, 0.1) is 16.7 Å². The summed E-state index contributed by atoms with van der Waals surface area (Å²) in [4.78, 5) is 27.6. The van der Waals surface area contributed by atoms with Crippen LogP contribution in [0.4, 0.5) is 0 Å². The third-order valence-corrected chi connectivity index (χ3v) is 11.0. The van der Waals surface area contributed by atoms with Gasteiger partial charge in [0.25, 0.3) is 0 Å². The number of rotatable bonds is 6. The summed E-state index contributed by atoms with van der Waals surface area (Å²) < 4.78 is 2.34. The summed E-state index contributed by atoms with van der Waals surface area (Å²) in [7, 11) is 0. The van der Waals surface area contributed by atoms with Gasteiger partial charge in [0, 0.05) is 62.1 Å². The van der Waals surface area contributed by atoms with E-state index in [1.54, 1.807) is 18.6 Å². The van der Waals surface area contributed by atoms with Crippen molar-refractivity contribution in [1.82, 2.24) is 19.9 Å². The van der Waals surface area contributed by atoms with Crippen molar-refractivity contribution in [1.29, 1.82) is 0 Å². The molecule has 5 aromatic heterocycles. The molecule has 1 N–H and O–H groups in total. The van der Waals surface area contributed by atoms with Gasteiger partial charge in [-0.05, 0) is 72.3 Å². The SMILES string of the molecule is CC(=O)C=C(C)O.[Ir+3].[Ir].[c-]1ccccc1-c1cccc(-c2[c-]c(-c3ccccn3)ccc2)n1.[c-]1ccccc1-c1ccccn1.[c-]1ccccc1-c1ccccn1.c1ccc2c(c1)C[n+]1ccc3ccccc3c1-2. The summed E-state index contributed by atoms with van der Waals surface area (Å²) in [5.74, 6) is -0.0625. The normalized spacial score (nSPS) is 10.5. The number of benzene rings is 6. The van der Waals surface area contributed by atoms with E-state index >= 15 is 0 Å². The van der Waals surface area contributed by atoms with Crippen molar-refractivity contribution >= 4 is 16.6 Å². The molecule has 0 aliphatic carbocycles. The van der Waals surface area contributed by atoms with E-state index in [1.807, 2.05) is 164 Å². The third-order valence-electron chi connectivity index (χ3n) is 11.0. The molecule has 0 saturated heterocycles. The van der Waals surface area contributed by atoms with Gasteiger partial charge >= 0.3 is 20.1 Å². The number of aliphatic hydroxyl groups excluding tert-OH is 1. The van der Waals surface area contributed by atoms with Crippen molar-refractivity contribution in [2.45, 2.75) is 20.4 Å². The first-order chi connectivity index (χ1) is 35.4. The van der Waals surface area contributed by atoms with Gasteiger partial charge in [0.15, 0.2) is 18.5 Å². The Morgan fingerprint density at radius 3 is 1.43 bits per heavy atom. The van der Waals surface area contributed by atoms with Crippen molar-refractivity contribution in [3.8, 4) is 67.5 Å². The Morgan fingerprint density at radius 1 is 0.500 bits per heavy atom. The van der Waals surface area contributed by atoms with Crippen molar-refractivity contribution in [2.24, 2.45) is 0 Å². The van der Waals surface area contributed by atoms with Gasteiger partial charge < -0.3 is 20.1 Å². The molecule has 11 aromatic rings. The second-order valence-corrected chi connectivity index (χ2v) is 16.3. The number of hydrogen-bond donors (Lipinski definition) is 1. The molecule has 1 aliphatic rings. The van der Waals surface area contributed by atoms with Crippen LogP contribution in [0.2, 0.25) is 0 Å². The smallest absolute Gasteiger partial charge is 0.512 e. The first-order valence-electron chi connectivity index (χ1n) is 23.4. The van der Waals surface area contributed by atoms with Gasteiger partial charge in [-0.15, -0.1) is 132 Å². The molecule has 0 amide bonds. The van der Waals surface area contributed by atoms with E-state index in [0.29, 0.717) is 0 Å². The zero-order valence-corrected chi connectivity index (χ0v) is 45.4. The fourth-order valence-corrected chi connectivity index (χ4v) is 7.78. The maximum absolute atomic E-state index is 10.0. The van der Waals surface area contributed by atoms with Crippen molar-refractivity contribution in [3.63, 3.8) is 0 Å². The molecule has 0 bridgehead atoms. The Hall–Kier alpha value is -8.16. The van der Waals surface area contributed by atoms with E-state index < -0.39 is 0 Å². The topological polar surface area (TPSA) is 92.7 Å². The number of pyridine rings is 5. The molecule has 6 aromatic carbocycles. The number of hydrogen-bond acceptors (Lipinski definition) is 6. The molecule has 6 heterocycles. The Balaban J connectivity index is 0.000000158. The van der Waals surface area contributed by atoms with Crippen LogP contribution in [-0.4, -0.2) is 30.8 Å². The number of aromatic nitrogens is 5. The number of fused-ring (bicyclic) bond motifs is 5. The molecule has 12 rings (SSSR count). The first kappa shape index (κ1) is 55.2. The van der Waals surface area contributed by atoms with Crippen LogP contribution in [0, 0.1) is 24.3 Å². The molecular weight excluding hydrogens is 1270 g/mol. The molecule has 365 valence electrons. The quantitative estimate of drug-likeness (QED) is 0.0772. The minimum atomic E-state index is -0.125. The second kappa shape index (κ2) is 28.8. The van der Waals surface area contributed by atoms with Crippen LogP contribution in [0.25, 0.3) is 78.3 Å². The van der Waals surface area contributed by atoms with Gasteiger partial charge in [0.2, 0.25) is 5.69 Å². The van der Waals surface area contributed by atoms with Gasteiger partial charge in [-0.1, -0.05) is 102 Å². The zero-order chi connectivity index (χ0) is 49.7. The largest absolute Gasteiger partial charge is 3.00 e. The summed E-state index contributed by atoms with van der Waals surface area (Å²) in [6.45, 7) is 3.84. The van der Waals surface area contributed by atoms with Crippen LogP contribution in [0.5, 0.6) is 0 Å². The van der Waals surface area contributed by atoms with Crippen LogP contribution in [0.3, 0.4) is 0 Å². The van der Waals surface area contributed by atoms with E-state index in [9.17, 15) is 4.79 Å². The van der Waals surface area contributed by atoms with E-state index in [4.69, 9.17) is 10.1 Å². The summed E-state index contributed by atoms with van der Waals surface area (Å²) in [6.07, 6.45) is 8.73. The van der Waals surface area contributed by atoms with E-state index in [-0.39, 0.29) is 51.8 Å². The molecule has 0 unspecified atom stereocenters. The number of ketones is 1. The van der Waals surface area contributed by atoms with Crippen molar-refractivity contribution in [2.75, 3.05) is 0 Å². The summed E-state index contributed by atoms with van der Waals surface area (Å²) in [5, 5.41) is 11.0. The van der Waals surface area contributed by atoms with Gasteiger partial charge in [-0.25, -0.2) is 0 Å².